The first-order valence-electron chi connectivity index (χ1n) is 15.3. The van der Waals surface area contributed by atoms with Crippen LogP contribution in [0.4, 0.5) is 0 Å². The standard InChI is InChI=1S/C32H50N2O4/c1-2-3-6-13-28(35)19-17-26-18-20-31(36)29(26)14-7-4-5-8-16-32(37)38-24-23-34-22-10-9-15-30(34)27-12-11-21-33-25-27/h11-12,17,19,21,25-26,28-30,35H,2-10,13-16,18,20,22-24H2,1H3/t26-,28+,29-,30+/m1/s1. The minimum atomic E-state index is -0.389. The molecule has 3 rings (SSSR count). The van der Waals surface area contributed by atoms with Gasteiger partial charge in [0.25, 0.3) is 0 Å². The lowest BCUT2D eigenvalue weighted by molar-refractivity contribution is -0.144. The Morgan fingerprint density at radius 3 is 2.87 bits per heavy atom. The van der Waals surface area contributed by atoms with Crippen LogP contribution in [0.15, 0.2) is 36.7 Å². The molecule has 6 nitrogen and oxygen atoms in total. The second-order valence-electron chi connectivity index (χ2n) is 11.2. The van der Waals surface area contributed by atoms with Gasteiger partial charge in [0, 0.05) is 43.7 Å². The van der Waals surface area contributed by atoms with E-state index >= 15 is 0 Å². The van der Waals surface area contributed by atoms with E-state index in [9.17, 15) is 14.7 Å². The predicted molar refractivity (Wildman–Crippen MR) is 152 cm³/mol. The molecule has 0 aromatic carbocycles. The van der Waals surface area contributed by atoms with E-state index in [0.717, 1.165) is 83.7 Å². The zero-order chi connectivity index (χ0) is 27.0. The number of hydrogen-bond acceptors (Lipinski definition) is 6. The summed E-state index contributed by atoms with van der Waals surface area (Å²) in [7, 11) is 0. The smallest absolute Gasteiger partial charge is 0.305 e. The van der Waals surface area contributed by atoms with Gasteiger partial charge in [-0.1, -0.05) is 70.1 Å². The average Bonchev–Trinajstić information content (AvgIpc) is 3.29. The van der Waals surface area contributed by atoms with Crippen LogP contribution in [0.2, 0.25) is 0 Å². The molecule has 0 radical (unpaired) electrons. The van der Waals surface area contributed by atoms with Crippen molar-refractivity contribution >= 4 is 11.8 Å². The number of rotatable bonds is 17. The van der Waals surface area contributed by atoms with E-state index in [2.05, 4.69) is 29.0 Å². The van der Waals surface area contributed by atoms with E-state index in [-0.39, 0.29) is 23.9 Å². The van der Waals surface area contributed by atoms with Crippen LogP contribution in [0, 0.1) is 11.8 Å². The maximum atomic E-state index is 12.4. The first-order chi connectivity index (χ1) is 18.6. The van der Waals surface area contributed by atoms with Gasteiger partial charge in [-0.05, 0) is 62.6 Å². The minimum Gasteiger partial charge on any atom is -0.464 e. The van der Waals surface area contributed by atoms with Crippen molar-refractivity contribution in [3.8, 4) is 0 Å². The Kier molecular flexibility index (Phi) is 14.1. The van der Waals surface area contributed by atoms with Crippen LogP contribution in [-0.2, 0) is 14.3 Å². The van der Waals surface area contributed by atoms with Gasteiger partial charge in [0.1, 0.15) is 12.4 Å². The third-order valence-corrected chi connectivity index (χ3v) is 8.31. The summed E-state index contributed by atoms with van der Waals surface area (Å²) in [6, 6.07) is 4.50. The lowest BCUT2D eigenvalue weighted by atomic mass is 9.89. The van der Waals surface area contributed by atoms with Crippen LogP contribution in [0.1, 0.15) is 115 Å². The van der Waals surface area contributed by atoms with Gasteiger partial charge in [0.2, 0.25) is 0 Å². The van der Waals surface area contributed by atoms with Crippen molar-refractivity contribution in [3.05, 3.63) is 42.2 Å². The number of piperidine rings is 1. The molecule has 38 heavy (non-hydrogen) atoms. The van der Waals surface area contributed by atoms with Gasteiger partial charge in [0.15, 0.2) is 0 Å². The average molecular weight is 527 g/mol. The lowest BCUT2D eigenvalue weighted by Gasteiger charge is -2.35. The van der Waals surface area contributed by atoms with Gasteiger partial charge in [-0.3, -0.25) is 19.5 Å². The van der Waals surface area contributed by atoms with Gasteiger partial charge >= 0.3 is 5.97 Å². The van der Waals surface area contributed by atoms with Crippen molar-refractivity contribution in [2.24, 2.45) is 11.8 Å². The summed E-state index contributed by atoms with van der Waals surface area (Å²) in [6.07, 6.45) is 21.9. The highest BCUT2D eigenvalue weighted by atomic mass is 16.5. The van der Waals surface area contributed by atoms with Crippen molar-refractivity contribution in [2.45, 2.75) is 115 Å². The molecular weight excluding hydrogens is 476 g/mol. The molecule has 0 amide bonds. The Morgan fingerprint density at radius 1 is 1.18 bits per heavy atom. The summed E-state index contributed by atoms with van der Waals surface area (Å²) in [5.41, 5.74) is 1.25. The Labute approximate surface area is 230 Å². The molecule has 2 heterocycles. The molecule has 2 fully saturated rings. The minimum absolute atomic E-state index is 0.101. The van der Waals surface area contributed by atoms with Crippen LogP contribution in [0.25, 0.3) is 0 Å². The number of ketones is 1. The summed E-state index contributed by atoms with van der Waals surface area (Å²) >= 11 is 0. The molecule has 1 aliphatic carbocycles. The molecule has 1 N–H and O–H groups in total. The Morgan fingerprint density at radius 2 is 2.05 bits per heavy atom. The second-order valence-corrected chi connectivity index (χ2v) is 11.2. The number of unbranched alkanes of at least 4 members (excludes halogenated alkanes) is 5. The highest BCUT2D eigenvalue weighted by molar-refractivity contribution is 5.83. The highest BCUT2D eigenvalue weighted by Gasteiger charge is 2.32. The summed E-state index contributed by atoms with van der Waals surface area (Å²) < 4.78 is 5.55. The number of ether oxygens (including phenoxy) is 1. The Bertz CT molecular complexity index is 843. The first-order valence-corrected chi connectivity index (χ1v) is 15.3. The zero-order valence-electron chi connectivity index (χ0n) is 23.6. The molecule has 1 saturated carbocycles. The number of nitrogens with zero attached hydrogens (tertiary/aromatic N) is 2. The van der Waals surface area contributed by atoms with E-state index in [1.54, 1.807) is 0 Å². The van der Waals surface area contributed by atoms with Crippen LogP contribution in [0.3, 0.4) is 0 Å². The van der Waals surface area contributed by atoms with Gasteiger partial charge < -0.3 is 9.84 Å². The number of aromatic nitrogens is 1. The summed E-state index contributed by atoms with van der Waals surface area (Å²) in [5.74, 6) is 0.650. The SMILES string of the molecule is CCCCC[C@H](O)C=C[C@@H]1CCC(=O)[C@@H]1CCCCCCC(=O)OCCN1CCCC[C@H]1c1cccnc1. The van der Waals surface area contributed by atoms with Crippen LogP contribution < -0.4 is 0 Å². The van der Waals surface area contributed by atoms with Crippen molar-refractivity contribution in [1.82, 2.24) is 9.88 Å². The summed E-state index contributed by atoms with van der Waals surface area (Å²) in [5, 5.41) is 10.2. The molecule has 0 bridgehead atoms. The van der Waals surface area contributed by atoms with Crippen molar-refractivity contribution in [2.75, 3.05) is 19.7 Å². The van der Waals surface area contributed by atoms with Gasteiger partial charge in [-0.25, -0.2) is 0 Å². The van der Waals surface area contributed by atoms with Gasteiger partial charge in [0.05, 0.1) is 6.10 Å². The van der Waals surface area contributed by atoms with E-state index < -0.39 is 0 Å². The largest absolute Gasteiger partial charge is 0.464 e. The quantitative estimate of drug-likeness (QED) is 0.140. The Hall–Kier alpha value is -2.05. The fourth-order valence-corrected chi connectivity index (χ4v) is 6.06. The maximum absolute atomic E-state index is 12.4. The number of esters is 1. The topological polar surface area (TPSA) is 79.7 Å². The summed E-state index contributed by atoms with van der Waals surface area (Å²) in [6.45, 7) is 4.42. The molecular formula is C32H50N2O4. The zero-order valence-corrected chi connectivity index (χ0v) is 23.6. The number of likely N-dealkylation sites (tertiary alicyclic amines) is 1. The normalized spacial score (nSPS) is 23.2. The number of allylic oxidation sites excluding steroid dienone is 1. The third kappa shape index (κ3) is 10.6. The van der Waals surface area contributed by atoms with Crippen molar-refractivity contribution in [1.29, 1.82) is 0 Å². The highest BCUT2D eigenvalue weighted by Crippen LogP contribution is 2.34. The monoisotopic (exact) mass is 526 g/mol. The summed E-state index contributed by atoms with van der Waals surface area (Å²) in [4.78, 5) is 31.3. The number of carbonyl (C=O) groups excluding carboxylic acids is 2. The number of hydrogen-bond donors (Lipinski definition) is 1. The number of aliphatic hydroxyl groups excluding tert-OH is 1. The lowest BCUT2D eigenvalue weighted by Crippen LogP contribution is -2.36. The van der Waals surface area contributed by atoms with Gasteiger partial charge in [-0.2, -0.15) is 0 Å². The maximum Gasteiger partial charge on any atom is 0.305 e. The fraction of sp³-hybridized carbons (Fsp3) is 0.719. The van der Waals surface area contributed by atoms with Crippen molar-refractivity contribution in [3.63, 3.8) is 0 Å². The first kappa shape index (κ1) is 30.5. The van der Waals surface area contributed by atoms with Crippen LogP contribution in [-0.4, -0.2) is 52.5 Å². The fourth-order valence-electron chi connectivity index (χ4n) is 6.06. The predicted octanol–water partition coefficient (Wildman–Crippen LogP) is 6.59. The number of carbonyl (C=O) groups is 2. The number of aliphatic hydroxyl groups is 1. The van der Waals surface area contributed by atoms with E-state index in [0.29, 0.717) is 31.3 Å². The molecule has 212 valence electrons. The molecule has 0 spiro atoms. The molecule has 4 atom stereocenters. The van der Waals surface area contributed by atoms with Crippen molar-refractivity contribution < 1.29 is 19.4 Å². The van der Waals surface area contributed by atoms with E-state index in [1.807, 2.05) is 24.5 Å². The number of Topliss-reactive ketones (excluding diaryl/α,β-unsaturated/α-hetero) is 1. The third-order valence-electron chi connectivity index (χ3n) is 8.31. The molecule has 1 saturated heterocycles. The van der Waals surface area contributed by atoms with Crippen LogP contribution in [0.5, 0.6) is 0 Å². The molecule has 1 aliphatic heterocycles. The molecule has 1 aromatic rings. The molecule has 6 heteroatoms. The second kappa shape index (κ2) is 17.5. The number of pyridine rings is 1. The Balaban J connectivity index is 1.25. The van der Waals surface area contributed by atoms with E-state index in [4.69, 9.17) is 4.74 Å². The van der Waals surface area contributed by atoms with Gasteiger partial charge in [-0.15, -0.1) is 0 Å². The molecule has 2 aliphatic rings. The molecule has 0 unspecified atom stereocenters. The molecule has 1 aromatic heterocycles. The van der Waals surface area contributed by atoms with E-state index in [1.165, 1.54) is 18.4 Å². The van der Waals surface area contributed by atoms with Crippen LogP contribution >= 0.6 is 0 Å².